The van der Waals surface area contributed by atoms with Crippen LogP contribution in [0.5, 0.6) is 0 Å². The van der Waals surface area contributed by atoms with E-state index in [0.29, 0.717) is 0 Å². The Morgan fingerprint density at radius 1 is 1.00 bits per heavy atom. The number of piperazine rings is 1. The molecule has 2 aromatic rings. The third kappa shape index (κ3) is 3.59. The number of rotatable bonds is 4. The summed E-state index contributed by atoms with van der Waals surface area (Å²) in [5.41, 5.74) is 5.25. The lowest BCUT2D eigenvalue weighted by Gasteiger charge is -2.34. The molecule has 0 atom stereocenters. The van der Waals surface area contributed by atoms with Crippen molar-refractivity contribution in [2.24, 2.45) is 0 Å². The van der Waals surface area contributed by atoms with Gasteiger partial charge in [0, 0.05) is 50.3 Å². The molecular weight excluding hydrogens is 270 g/mol. The van der Waals surface area contributed by atoms with Crippen LogP contribution >= 0.6 is 11.3 Å². The Bertz CT molecular complexity index is 534. The van der Waals surface area contributed by atoms with Crippen LogP contribution in [-0.2, 0) is 13.1 Å². The van der Waals surface area contributed by atoms with E-state index in [1.54, 1.807) is 17.7 Å². The van der Waals surface area contributed by atoms with Gasteiger partial charge < -0.3 is 0 Å². The molecule has 0 spiro atoms. The van der Waals surface area contributed by atoms with Crippen molar-refractivity contribution in [1.29, 1.82) is 0 Å². The second kappa shape index (κ2) is 6.39. The molecule has 0 bridgehead atoms. The number of nitrogens with zero attached hydrogens (tertiary/aromatic N) is 5. The Hall–Kier alpha value is -1.37. The SMILES string of the molecule is Cc1cc(CN2CCN(Cc3cscn3)CC2)ncn1. The van der Waals surface area contributed by atoms with Gasteiger partial charge in [-0.15, -0.1) is 11.3 Å². The third-order valence-electron chi connectivity index (χ3n) is 3.58. The highest BCUT2D eigenvalue weighted by molar-refractivity contribution is 7.07. The van der Waals surface area contributed by atoms with Gasteiger partial charge in [-0.25, -0.2) is 15.0 Å². The zero-order valence-electron chi connectivity index (χ0n) is 11.7. The van der Waals surface area contributed by atoms with E-state index >= 15 is 0 Å². The molecule has 0 unspecified atom stereocenters. The Morgan fingerprint density at radius 3 is 2.30 bits per heavy atom. The predicted octanol–water partition coefficient (Wildman–Crippen LogP) is 1.56. The summed E-state index contributed by atoms with van der Waals surface area (Å²) in [4.78, 5) is 17.8. The molecule has 0 aromatic carbocycles. The van der Waals surface area contributed by atoms with Crippen LogP contribution in [0.4, 0.5) is 0 Å². The zero-order valence-corrected chi connectivity index (χ0v) is 12.5. The molecule has 1 saturated heterocycles. The van der Waals surface area contributed by atoms with Crippen molar-refractivity contribution in [2.45, 2.75) is 20.0 Å². The van der Waals surface area contributed by atoms with Gasteiger partial charge in [-0.05, 0) is 13.0 Å². The average molecular weight is 289 g/mol. The van der Waals surface area contributed by atoms with Crippen molar-refractivity contribution >= 4 is 11.3 Å². The quantitative estimate of drug-likeness (QED) is 0.855. The maximum absolute atomic E-state index is 4.35. The van der Waals surface area contributed by atoms with Gasteiger partial charge in [0.1, 0.15) is 6.33 Å². The second-order valence-corrected chi connectivity index (χ2v) is 5.90. The molecule has 0 aliphatic carbocycles. The predicted molar refractivity (Wildman–Crippen MR) is 79.4 cm³/mol. The largest absolute Gasteiger partial charge is 0.295 e. The molecule has 0 saturated carbocycles. The fourth-order valence-corrected chi connectivity index (χ4v) is 3.03. The van der Waals surface area contributed by atoms with Gasteiger partial charge in [0.05, 0.1) is 16.9 Å². The van der Waals surface area contributed by atoms with Crippen LogP contribution in [0, 0.1) is 6.92 Å². The van der Waals surface area contributed by atoms with Crippen molar-refractivity contribution in [3.8, 4) is 0 Å². The Kier molecular flexibility index (Phi) is 4.34. The van der Waals surface area contributed by atoms with Crippen LogP contribution in [0.25, 0.3) is 0 Å². The van der Waals surface area contributed by atoms with Crippen LogP contribution in [0.2, 0.25) is 0 Å². The monoisotopic (exact) mass is 289 g/mol. The molecular formula is C14H19N5S. The molecule has 5 nitrogen and oxygen atoms in total. The van der Waals surface area contributed by atoms with E-state index in [2.05, 4.69) is 36.2 Å². The Morgan fingerprint density at radius 2 is 1.70 bits per heavy atom. The maximum Gasteiger partial charge on any atom is 0.115 e. The number of hydrogen-bond acceptors (Lipinski definition) is 6. The van der Waals surface area contributed by atoms with E-state index < -0.39 is 0 Å². The summed E-state index contributed by atoms with van der Waals surface area (Å²) in [5, 5.41) is 2.13. The molecule has 1 aliphatic rings. The van der Waals surface area contributed by atoms with Gasteiger partial charge in [-0.2, -0.15) is 0 Å². The molecule has 20 heavy (non-hydrogen) atoms. The van der Waals surface area contributed by atoms with Crippen molar-refractivity contribution in [3.05, 3.63) is 40.4 Å². The topological polar surface area (TPSA) is 45.2 Å². The third-order valence-corrected chi connectivity index (χ3v) is 4.22. The van der Waals surface area contributed by atoms with Crippen molar-refractivity contribution in [1.82, 2.24) is 24.8 Å². The van der Waals surface area contributed by atoms with Gasteiger partial charge in [-0.3, -0.25) is 9.80 Å². The van der Waals surface area contributed by atoms with Crippen LogP contribution in [-0.4, -0.2) is 50.9 Å². The molecule has 2 aromatic heterocycles. The molecule has 0 radical (unpaired) electrons. The van der Waals surface area contributed by atoms with Crippen LogP contribution in [0.1, 0.15) is 17.1 Å². The fraction of sp³-hybridized carbons (Fsp3) is 0.500. The molecule has 3 heterocycles. The fourth-order valence-electron chi connectivity index (χ4n) is 2.48. The van der Waals surface area contributed by atoms with Gasteiger partial charge in [0.15, 0.2) is 0 Å². The van der Waals surface area contributed by atoms with Crippen molar-refractivity contribution in [3.63, 3.8) is 0 Å². The normalized spacial score (nSPS) is 17.4. The van der Waals surface area contributed by atoms with E-state index in [1.165, 1.54) is 5.69 Å². The first-order valence-electron chi connectivity index (χ1n) is 6.89. The highest BCUT2D eigenvalue weighted by atomic mass is 32.1. The van der Waals surface area contributed by atoms with E-state index in [1.807, 2.05) is 12.4 Å². The molecule has 1 aliphatic heterocycles. The first-order valence-corrected chi connectivity index (χ1v) is 7.83. The minimum Gasteiger partial charge on any atom is -0.295 e. The van der Waals surface area contributed by atoms with E-state index in [0.717, 1.165) is 50.7 Å². The summed E-state index contributed by atoms with van der Waals surface area (Å²) >= 11 is 1.67. The summed E-state index contributed by atoms with van der Waals surface area (Å²) in [6, 6.07) is 2.07. The summed E-state index contributed by atoms with van der Waals surface area (Å²) in [5.74, 6) is 0. The number of thiazole rings is 1. The summed E-state index contributed by atoms with van der Waals surface area (Å²) in [6.45, 7) is 8.29. The lowest BCUT2D eigenvalue weighted by molar-refractivity contribution is 0.120. The minimum absolute atomic E-state index is 0.925. The summed E-state index contributed by atoms with van der Waals surface area (Å²) in [7, 11) is 0. The first kappa shape index (κ1) is 13.6. The molecule has 0 amide bonds. The van der Waals surface area contributed by atoms with Crippen LogP contribution < -0.4 is 0 Å². The van der Waals surface area contributed by atoms with Crippen LogP contribution in [0.15, 0.2) is 23.3 Å². The minimum atomic E-state index is 0.925. The standard InChI is InChI=1S/C14H19N5S/c1-12-6-13(16-10-15-12)7-18-2-4-19(5-3-18)8-14-9-20-11-17-14/h6,9-11H,2-5,7-8H2,1H3. The Labute approximate surface area is 123 Å². The van der Waals surface area contributed by atoms with E-state index in [4.69, 9.17) is 0 Å². The maximum atomic E-state index is 4.35. The molecule has 3 rings (SSSR count). The number of hydrogen-bond donors (Lipinski definition) is 0. The van der Waals surface area contributed by atoms with E-state index in [9.17, 15) is 0 Å². The van der Waals surface area contributed by atoms with Gasteiger partial charge in [-0.1, -0.05) is 0 Å². The van der Waals surface area contributed by atoms with Crippen molar-refractivity contribution < 1.29 is 0 Å². The molecule has 1 fully saturated rings. The highest BCUT2D eigenvalue weighted by Gasteiger charge is 2.17. The van der Waals surface area contributed by atoms with Gasteiger partial charge in [0.2, 0.25) is 0 Å². The zero-order chi connectivity index (χ0) is 13.8. The van der Waals surface area contributed by atoms with Gasteiger partial charge in [0.25, 0.3) is 0 Å². The lowest BCUT2D eigenvalue weighted by atomic mass is 10.2. The molecule has 106 valence electrons. The highest BCUT2D eigenvalue weighted by Crippen LogP contribution is 2.11. The van der Waals surface area contributed by atoms with Crippen LogP contribution in [0.3, 0.4) is 0 Å². The van der Waals surface area contributed by atoms with E-state index in [-0.39, 0.29) is 0 Å². The first-order chi connectivity index (χ1) is 9.79. The Balaban J connectivity index is 1.48. The second-order valence-electron chi connectivity index (χ2n) is 5.18. The van der Waals surface area contributed by atoms with Crippen molar-refractivity contribution in [2.75, 3.05) is 26.2 Å². The summed E-state index contributed by atoms with van der Waals surface area (Å²) in [6.07, 6.45) is 1.66. The average Bonchev–Trinajstić information content (AvgIpc) is 2.94. The summed E-state index contributed by atoms with van der Waals surface area (Å²) < 4.78 is 0. The smallest absolute Gasteiger partial charge is 0.115 e. The van der Waals surface area contributed by atoms with Gasteiger partial charge >= 0.3 is 0 Å². The number of aryl methyl sites for hydroxylation is 1. The number of aromatic nitrogens is 3. The molecule has 6 heteroatoms. The molecule has 0 N–H and O–H groups in total. The lowest BCUT2D eigenvalue weighted by Crippen LogP contribution is -2.45.